The molecule has 5 nitrogen and oxygen atoms in total. The van der Waals surface area contributed by atoms with Gasteiger partial charge in [0, 0.05) is 19.4 Å². The van der Waals surface area contributed by atoms with Crippen molar-refractivity contribution < 1.29 is 23.8 Å². The molecule has 0 bridgehead atoms. The molecule has 0 saturated carbocycles. The van der Waals surface area contributed by atoms with Crippen LogP contribution in [0.5, 0.6) is 0 Å². The number of ether oxygens (including phenoxy) is 3. The molecule has 364 valence electrons. The Bertz CT molecular complexity index is 986. The molecule has 1 unspecified atom stereocenters. The molecule has 0 aromatic carbocycles. The first-order valence-corrected chi connectivity index (χ1v) is 27.5. The van der Waals surface area contributed by atoms with Gasteiger partial charge in [0.25, 0.3) is 0 Å². The molecule has 0 aromatic rings. The van der Waals surface area contributed by atoms with Gasteiger partial charge in [-0.05, 0) is 77.0 Å². The van der Waals surface area contributed by atoms with Crippen molar-refractivity contribution in [1.82, 2.24) is 0 Å². The van der Waals surface area contributed by atoms with Crippen molar-refractivity contribution in [2.75, 3.05) is 19.8 Å². The molecule has 0 amide bonds. The second-order valence-corrected chi connectivity index (χ2v) is 18.5. The molecule has 1 atom stereocenters. The smallest absolute Gasteiger partial charge is 0.306 e. The van der Waals surface area contributed by atoms with Gasteiger partial charge < -0.3 is 14.2 Å². The third-order valence-electron chi connectivity index (χ3n) is 12.1. The normalized spacial score (nSPS) is 12.4. The van der Waals surface area contributed by atoms with Crippen LogP contribution in [0.25, 0.3) is 0 Å². The van der Waals surface area contributed by atoms with Crippen molar-refractivity contribution in [2.24, 2.45) is 0 Å². The van der Waals surface area contributed by atoms with E-state index in [-0.39, 0.29) is 25.2 Å². The first-order chi connectivity index (χ1) is 30.6. The van der Waals surface area contributed by atoms with Crippen LogP contribution in [0.4, 0.5) is 0 Å². The zero-order valence-electron chi connectivity index (χ0n) is 41.9. The van der Waals surface area contributed by atoms with Crippen molar-refractivity contribution in [2.45, 2.75) is 297 Å². The zero-order valence-corrected chi connectivity index (χ0v) is 41.9. The monoisotopic (exact) mass is 871 g/mol. The third kappa shape index (κ3) is 50.8. The summed E-state index contributed by atoms with van der Waals surface area (Å²) in [5.41, 5.74) is 0. The van der Waals surface area contributed by atoms with Gasteiger partial charge >= 0.3 is 11.9 Å². The number of rotatable bonds is 51. The standard InChI is InChI=1S/C57H106O5/c1-4-7-10-13-16-19-22-25-28-31-34-37-40-43-46-49-52-60-53-55(62-57(59)51-48-45-42-39-36-33-30-27-24-21-18-15-12-9-6-3)54-61-56(58)50-47-44-41-38-35-32-29-26-23-20-17-14-11-8-5-2/h17,20,25-26,28-29,55H,4-16,18-19,21-24,27,30-54H2,1-3H3/b20-17-,28-25-,29-26-. The summed E-state index contributed by atoms with van der Waals surface area (Å²) in [5.74, 6) is -0.400. The predicted molar refractivity (Wildman–Crippen MR) is 270 cm³/mol. The summed E-state index contributed by atoms with van der Waals surface area (Å²) >= 11 is 0. The molecule has 0 N–H and O–H groups in total. The highest BCUT2D eigenvalue weighted by molar-refractivity contribution is 5.70. The highest BCUT2D eigenvalue weighted by Gasteiger charge is 2.17. The molecule has 0 rings (SSSR count). The molecule has 0 aliphatic rings. The molecular weight excluding hydrogens is 765 g/mol. The van der Waals surface area contributed by atoms with Crippen molar-refractivity contribution in [3.63, 3.8) is 0 Å². The van der Waals surface area contributed by atoms with Crippen LogP contribution in [0.3, 0.4) is 0 Å². The summed E-state index contributed by atoms with van der Waals surface area (Å²) in [7, 11) is 0. The van der Waals surface area contributed by atoms with E-state index in [2.05, 4.69) is 57.2 Å². The van der Waals surface area contributed by atoms with Gasteiger partial charge in [0.15, 0.2) is 6.10 Å². The average Bonchev–Trinajstić information content (AvgIpc) is 3.27. The molecule has 0 fully saturated rings. The first-order valence-electron chi connectivity index (χ1n) is 27.5. The van der Waals surface area contributed by atoms with Gasteiger partial charge in [0.2, 0.25) is 0 Å². The van der Waals surface area contributed by atoms with Gasteiger partial charge in [-0.15, -0.1) is 0 Å². The third-order valence-corrected chi connectivity index (χ3v) is 12.1. The van der Waals surface area contributed by atoms with Crippen LogP contribution in [-0.4, -0.2) is 37.9 Å². The SMILES string of the molecule is CCCCC/C=C\C/C=C\CCCCCCCC(=O)OCC(COCCCCCCCC/C=C\CCCCCCCC)OC(=O)CCCCCCCCCCCCCCCCC. The molecule has 0 spiro atoms. The van der Waals surface area contributed by atoms with E-state index in [1.165, 1.54) is 199 Å². The second kappa shape index (κ2) is 53.5. The first kappa shape index (κ1) is 60.1. The molecule has 0 heterocycles. The molecular formula is C57H106O5. The maximum atomic E-state index is 12.8. The van der Waals surface area contributed by atoms with Gasteiger partial charge in [-0.25, -0.2) is 0 Å². The van der Waals surface area contributed by atoms with E-state index in [9.17, 15) is 9.59 Å². The maximum Gasteiger partial charge on any atom is 0.306 e. The van der Waals surface area contributed by atoms with Gasteiger partial charge in [0.1, 0.15) is 6.61 Å². The lowest BCUT2D eigenvalue weighted by Crippen LogP contribution is -2.30. The summed E-state index contributed by atoms with van der Waals surface area (Å²) in [6.07, 6.45) is 64.4. The average molecular weight is 871 g/mol. The van der Waals surface area contributed by atoms with Crippen LogP contribution < -0.4 is 0 Å². The fourth-order valence-corrected chi connectivity index (χ4v) is 8.01. The van der Waals surface area contributed by atoms with Crippen LogP contribution in [0.2, 0.25) is 0 Å². The lowest BCUT2D eigenvalue weighted by atomic mass is 10.0. The number of esters is 2. The maximum absolute atomic E-state index is 12.8. The van der Waals surface area contributed by atoms with Crippen molar-refractivity contribution in [3.05, 3.63) is 36.5 Å². The van der Waals surface area contributed by atoms with Crippen molar-refractivity contribution >= 4 is 11.9 Å². The molecule has 0 aliphatic heterocycles. The Morgan fingerprint density at radius 2 is 0.677 bits per heavy atom. The quantitative estimate of drug-likeness (QED) is 0.0346. The van der Waals surface area contributed by atoms with Crippen LogP contribution in [0.1, 0.15) is 290 Å². The Balaban J connectivity index is 4.27. The van der Waals surface area contributed by atoms with Gasteiger partial charge in [-0.1, -0.05) is 237 Å². The van der Waals surface area contributed by atoms with Gasteiger partial charge in [-0.2, -0.15) is 0 Å². The number of hydrogen-bond donors (Lipinski definition) is 0. The largest absolute Gasteiger partial charge is 0.462 e. The Kier molecular flexibility index (Phi) is 51.8. The molecule has 0 aliphatic carbocycles. The number of unbranched alkanes of at least 4 members (excludes halogenated alkanes) is 34. The van der Waals surface area contributed by atoms with Gasteiger partial charge in [0.05, 0.1) is 6.61 Å². The lowest BCUT2D eigenvalue weighted by molar-refractivity contribution is -0.163. The number of hydrogen-bond acceptors (Lipinski definition) is 5. The fourth-order valence-electron chi connectivity index (χ4n) is 8.01. The van der Waals surface area contributed by atoms with Gasteiger partial charge in [-0.3, -0.25) is 9.59 Å². The van der Waals surface area contributed by atoms with E-state index in [1.807, 2.05) is 0 Å². The predicted octanol–water partition coefficient (Wildman–Crippen LogP) is 18.6. The topological polar surface area (TPSA) is 61.8 Å². The van der Waals surface area contributed by atoms with E-state index in [1.54, 1.807) is 0 Å². The second-order valence-electron chi connectivity index (χ2n) is 18.5. The van der Waals surface area contributed by atoms with Crippen molar-refractivity contribution in [3.8, 4) is 0 Å². The van der Waals surface area contributed by atoms with Crippen LogP contribution in [0.15, 0.2) is 36.5 Å². The summed E-state index contributed by atoms with van der Waals surface area (Å²) in [6.45, 7) is 7.82. The molecule has 0 radical (unpaired) electrons. The Morgan fingerprint density at radius 3 is 1.11 bits per heavy atom. The number of allylic oxidation sites excluding steroid dienone is 6. The zero-order chi connectivity index (χ0) is 44.9. The summed E-state index contributed by atoms with van der Waals surface area (Å²) in [4.78, 5) is 25.4. The van der Waals surface area contributed by atoms with E-state index in [4.69, 9.17) is 14.2 Å². The summed E-state index contributed by atoms with van der Waals surface area (Å²) in [6, 6.07) is 0. The van der Waals surface area contributed by atoms with Crippen molar-refractivity contribution in [1.29, 1.82) is 0 Å². The number of carbonyl (C=O) groups is 2. The molecule has 62 heavy (non-hydrogen) atoms. The van der Waals surface area contributed by atoms with E-state index >= 15 is 0 Å². The lowest BCUT2D eigenvalue weighted by Gasteiger charge is -2.18. The summed E-state index contributed by atoms with van der Waals surface area (Å²) in [5, 5.41) is 0. The van der Waals surface area contributed by atoms with E-state index in [0.717, 1.165) is 57.8 Å². The van der Waals surface area contributed by atoms with E-state index in [0.29, 0.717) is 19.4 Å². The molecule has 0 aromatic heterocycles. The Hall–Kier alpha value is -1.88. The highest BCUT2D eigenvalue weighted by atomic mass is 16.6. The molecule has 0 saturated heterocycles. The van der Waals surface area contributed by atoms with Crippen LogP contribution in [-0.2, 0) is 23.8 Å². The minimum atomic E-state index is -0.540. The minimum absolute atomic E-state index is 0.0805. The van der Waals surface area contributed by atoms with Crippen LogP contribution in [0, 0.1) is 0 Å². The highest BCUT2D eigenvalue weighted by Crippen LogP contribution is 2.16. The fraction of sp³-hybridized carbons (Fsp3) is 0.860. The Labute approximate surface area is 387 Å². The number of carbonyl (C=O) groups excluding carboxylic acids is 2. The summed E-state index contributed by atoms with van der Waals surface area (Å²) < 4.78 is 17.4. The van der Waals surface area contributed by atoms with Crippen LogP contribution >= 0.6 is 0 Å². The molecule has 5 heteroatoms. The minimum Gasteiger partial charge on any atom is -0.462 e. The van der Waals surface area contributed by atoms with E-state index < -0.39 is 6.10 Å². The Morgan fingerprint density at radius 1 is 0.355 bits per heavy atom.